The molecule has 0 aliphatic carbocycles. The van der Waals surface area contributed by atoms with Crippen molar-refractivity contribution in [1.29, 1.82) is 0 Å². The van der Waals surface area contributed by atoms with E-state index in [9.17, 15) is 9.90 Å². The number of aliphatic hydroxyl groups excluding tert-OH is 1. The van der Waals surface area contributed by atoms with Gasteiger partial charge in [-0.1, -0.05) is 47.5 Å². The minimum absolute atomic E-state index is 0.0487. The van der Waals surface area contributed by atoms with Gasteiger partial charge in [0.15, 0.2) is 5.70 Å². The molecule has 1 saturated heterocycles. The van der Waals surface area contributed by atoms with E-state index in [1.807, 2.05) is 55.5 Å². The molecule has 1 amide bonds. The molecule has 0 aromatic heterocycles. The first kappa shape index (κ1) is 21.7. The summed E-state index contributed by atoms with van der Waals surface area (Å²) in [4.78, 5) is 14.8. The predicted octanol–water partition coefficient (Wildman–Crippen LogP) is 4.44. The number of benzene rings is 2. The van der Waals surface area contributed by atoms with E-state index in [0.29, 0.717) is 23.1 Å². The number of aliphatic hydroxyl groups is 1. The summed E-state index contributed by atoms with van der Waals surface area (Å²) in [6, 6.07) is 15.0. The van der Waals surface area contributed by atoms with Gasteiger partial charge in [0.2, 0.25) is 0 Å². The topological polar surface area (TPSA) is 65.4 Å². The lowest BCUT2D eigenvalue weighted by atomic mass is 9.83. The number of piperazine rings is 1. The first-order chi connectivity index (χ1) is 15.0. The number of likely N-dealkylation sites (N-methyl/N-ethyl adjacent to an activating group) is 1. The van der Waals surface area contributed by atoms with Crippen LogP contribution < -0.4 is 0 Å². The zero-order chi connectivity index (χ0) is 22.0. The van der Waals surface area contributed by atoms with E-state index < -0.39 is 0 Å². The molecular weight excluding hydrogens is 437 g/mol. The maximum Gasteiger partial charge on any atom is 0.275 e. The molecule has 1 unspecified atom stereocenters. The maximum atomic E-state index is 13.1. The van der Waals surface area contributed by atoms with Gasteiger partial charge in [0.1, 0.15) is 12.4 Å². The van der Waals surface area contributed by atoms with E-state index in [0.717, 1.165) is 11.1 Å². The van der Waals surface area contributed by atoms with Gasteiger partial charge >= 0.3 is 0 Å². The Morgan fingerprint density at radius 2 is 1.81 bits per heavy atom. The number of nitrogens with zero attached hydrogens (tertiary/aromatic N) is 3. The molecule has 1 fully saturated rings. The molecule has 2 aromatic rings. The molecule has 2 aliphatic heterocycles. The standard InChI is InChI=1S/C23H23Cl2N3O3/c1-2-27-13-19(28-22(23(27)30)20(29)14-31-10-9-26-28)21(15-5-3-7-17(24)11-15)16-6-4-8-18(25)12-16/h3-9,11-12,19,21,29H,2,10,13-14H2,1H3/b22-20+,26-9-. The van der Waals surface area contributed by atoms with Crippen LogP contribution in [0.25, 0.3) is 0 Å². The molecule has 2 aliphatic rings. The molecular formula is C23H23Cl2N3O3. The average molecular weight is 460 g/mol. The summed E-state index contributed by atoms with van der Waals surface area (Å²) in [6.45, 7) is 3.03. The van der Waals surface area contributed by atoms with Gasteiger partial charge in [-0.15, -0.1) is 0 Å². The molecule has 0 saturated carbocycles. The molecule has 162 valence electrons. The van der Waals surface area contributed by atoms with Crippen LogP contribution in [0.15, 0.2) is 65.1 Å². The first-order valence-electron chi connectivity index (χ1n) is 10.1. The SMILES string of the molecule is CCN1CC(C(c2cccc(Cl)c2)c2cccc(Cl)c2)N2/N=C\COC/C(O)=C\2C1=O. The number of halogens is 2. The Labute approximate surface area is 191 Å². The zero-order valence-electron chi connectivity index (χ0n) is 17.0. The number of carbonyl (C=O) groups excluding carboxylic acids is 1. The molecule has 8 heteroatoms. The third-order valence-electron chi connectivity index (χ3n) is 5.53. The largest absolute Gasteiger partial charge is 0.507 e. The van der Waals surface area contributed by atoms with E-state index in [4.69, 9.17) is 27.9 Å². The molecule has 4 rings (SSSR count). The molecule has 1 atom stereocenters. The molecule has 31 heavy (non-hydrogen) atoms. The van der Waals surface area contributed by atoms with Gasteiger partial charge in [0.25, 0.3) is 5.91 Å². The highest BCUT2D eigenvalue weighted by molar-refractivity contribution is 6.31. The lowest BCUT2D eigenvalue weighted by molar-refractivity contribution is -0.134. The zero-order valence-corrected chi connectivity index (χ0v) is 18.6. The lowest BCUT2D eigenvalue weighted by Crippen LogP contribution is -2.55. The second-order valence-electron chi connectivity index (χ2n) is 7.45. The van der Waals surface area contributed by atoms with Crippen LogP contribution in [0.5, 0.6) is 0 Å². The molecule has 0 radical (unpaired) electrons. The second kappa shape index (κ2) is 9.30. The molecule has 1 N–H and O–H groups in total. The Morgan fingerprint density at radius 3 is 2.39 bits per heavy atom. The van der Waals surface area contributed by atoms with E-state index in [-0.39, 0.29) is 42.5 Å². The van der Waals surface area contributed by atoms with Crippen molar-refractivity contribution in [3.05, 3.63) is 81.2 Å². The Hall–Kier alpha value is -2.54. The van der Waals surface area contributed by atoms with Crippen molar-refractivity contribution < 1.29 is 14.6 Å². The fourth-order valence-electron chi connectivity index (χ4n) is 4.15. The van der Waals surface area contributed by atoms with Crippen molar-refractivity contribution in [3.63, 3.8) is 0 Å². The fraction of sp³-hybridized carbons (Fsp3) is 0.304. The number of hydrazone groups is 1. The lowest BCUT2D eigenvalue weighted by Gasteiger charge is -2.44. The fourth-order valence-corrected chi connectivity index (χ4v) is 4.55. The molecule has 0 spiro atoms. The van der Waals surface area contributed by atoms with Crippen molar-refractivity contribution in [3.8, 4) is 0 Å². The number of hydrogen-bond donors (Lipinski definition) is 1. The van der Waals surface area contributed by atoms with Crippen molar-refractivity contribution in [2.75, 3.05) is 26.3 Å². The van der Waals surface area contributed by atoms with E-state index in [2.05, 4.69) is 5.10 Å². The minimum Gasteiger partial charge on any atom is -0.507 e. The Balaban J connectivity index is 1.90. The van der Waals surface area contributed by atoms with Crippen LogP contribution in [0.4, 0.5) is 0 Å². The number of amides is 1. The van der Waals surface area contributed by atoms with Crippen LogP contribution in [0.2, 0.25) is 10.0 Å². The van der Waals surface area contributed by atoms with Gasteiger partial charge in [0, 0.05) is 29.1 Å². The highest BCUT2D eigenvalue weighted by Crippen LogP contribution is 2.38. The molecule has 6 nitrogen and oxygen atoms in total. The van der Waals surface area contributed by atoms with Gasteiger partial charge in [-0.05, 0) is 42.3 Å². The van der Waals surface area contributed by atoms with Gasteiger partial charge in [0.05, 0.1) is 18.9 Å². The summed E-state index contributed by atoms with van der Waals surface area (Å²) >= 11 is 12.7. The summed E-state index contributed by atoms with van der Waals surface area (Å²) < 4.78 is 5.36. The van der Waals surface area contributed by atoms with Crippen molar-refractivity contribution >= 4 is 35.3 Å². The molecule has 2 aromatic carbocycles. The quantitative estimate of drug-likeness (QED) is 0.733. The van der Waals surface area contributed by atoms with Crippen molar-refractivity contribution in [2.45, 2.75) is 18.9 Å². The first-order valence-corrected chi connectivity index (χ1v) is 10.9. The number of ether oxygens (including phenoxy) is 1. The van der Waals surface area contributed by atoms with Gasteiger partial charge < -0.3 is 14.7 Å². The van der Waals surface area contributed by atoms with Gasteiger partial charge in [-0.2, -0.15) is 5.10 Å². The maximum absolute atomic E-state index is 13.1. The summed E-state index contributed by atoms with van der Waals surface area (Å²) in [6.07, 6.45) is 1.61. The second-order valence-corrected chi connectivity index (χ2v) is 8.32. The highest BCUT2D eigenvalue weighted by Gasteiger charge is 2.43. The van der Waals surface area contributed by atoms with E-state index in [1.54, 1.807) is 16.1 Å². The predicted molar refractivity (Wildman–Crippen MR) is 122 cm³/mol. The van der Waals surface area contributed by atoms with E-state index in [1.165, 1.54) is 0 Å². The normalized spacial score (nSPS) is 22.8. The molecule has 2 heterocycles. The number of carbonyl (C=O) groups is 1. The van der Waals surface area contributed by atoms with Gasteiger partial charge in [-0.3, -0.25) is 9.80 Å². The van der Waals surface area contributed by atoms with Crippen LogP contribution in [-0.2, 0) is 9.53 Å². The monoisotopic (exact) mass is 459 g/mol. The Morgan fingerprint density at radius 1 is 1.16 bits per heavy atom. The van der Waals surface area contributed by atoms with E-state index >= 15 is 0 Å². The van der Waals surface area contributed by atoms with Crippen LogP contribution in [0.3, 0.4) is 0 Å². The average Bonchev–Trinajstić information content (AvgIpc) is 2.73. The molecule has 0 bridgehead atoms. The minimum atomic E-state index is -0.291. The number of fused-ring (bicyclic) bond motifs is 1. The Kier molecular flexibility index (Phi) is 6.51. The van der Waals surface area contributed by atoms with Crippen molar-refractivity contribution in [1.82, 2.24) is 9.91 Å². The summed E-state index contributed by atoms with van der Waals surface area (Å²) in [5, 5.41) is 18.1. The number of rotatable bonds is 4. The van der Waals surface area contributed by atoms with Crippen LogP contribution in [-0.4, -0.2) is 59.5 Å². The third-order valence-corrected chi connectivity index (χ3v) is 6.00. The summed E-state index contributed by atoms with van der Waals surface area (Å²) in [5.41, 5.74) is 2.08. The highest BCUT2D eigenvalue weighted by atomic mass is 35.5. The number of hydrogen-bond acceptors (Lipinski definition) is 5. The third kappa shape index (κ3) is 4.42. The van der Waals surface area contributed by atoms with Crippen LogP contribution in [0.1, 0.15) is 24.0 Å². The Bertz CT molecular complexity index is 995. The summed E-state index contributed by atoms with van der Waals surface area (Å²) in [5.74, 6) is -0.601. The van der Waals surface area contributed by atoms with Crippen LogP contribution >= 0.6 is 23.2 Å². The van der Waals surface area contributed by atoms with Crippen LogP contribution in [0, 0.1) is 0 Å². The summed E-state index contributed by atoms with van der Waals surface area (Å²) in [7, 11) is 0. The van der Waals surface area contributed by atoms with Gasteiger partial charge in [-0.25, -0.2) is 0 Å². The smallest absolute Gasteiger partial charge is 0.275 e. The van der Waals surface area contributed by atoms with Crippen molar-refractivity contribution in [2.24, 2.45) is 5.10 Å².